The van der Waals surface area contributed by atoms with Gasteiger partial charge in [-0.05, 0) is 57.0 Å². The van der Waals surface area contributed by atoms with E-state index in [0.29, 0.717) is 16.2 Å². The van der Waals surface area contributed by atoms with E-state index in [-0.39, 0.29) is 5.91 Å². The molecular weight excluding hydrogens is 362 g/mol. The van der Waals surface area contributed by atoms with Crippen LogP contribution in [-0.4, -0.2) is 23.5 Å². The summed E-state index contributed by atoms with van der Waals surface area (Å²) >= 11 is 5.95. The molecule has 4 nitrogen and oxygen atoms in total. The number of rotatable bonds is 5. The molecule has 0 bridgehead atoms. The number of carbonyl (C=O) groups is 2. The lowest BCUT2D eigenvalue weighted by molar-refractivity contribution is -0.149. The van der Waals surface area contributed by atoms with E-state index in [1.165, 1.54) is 0 Å². The molecule has 0 saturated carbocycles. The molecule has 27 heavy (non-hydrogen) atoms. The van der Waals surface area contributed by atoms with Crippen LogP contribution in [-0.2, 0) is 14.3 Å². The van der Waals surface area contributed by atoms with Gasteiger partial charge in [0, 0.05) is 10.6 Å². The summed E-state index contributed by atoms with van der Waals surface area (Å²) < 4.78 is 5.42. The van der Waals surface area contributed by atoms with Crippen LogP contribution in [0, 0.1) is 0 Å². The Morgan fingerprint density at radius 2 is 1.63 bits per heavy atom. The van der Waals surface area contributed by atoms with Gasteiger partial charge in [0.15, 0.2) is 6.10 Å². The number of benzene rings is 2. The highest BCUT2D eigenvalue weighted by molar-refractivity contribution is 6.30. The molecule has 0 heterocycles. The van der Waals surface area contributed by atoms with Crippen LogP contribution in [0.4, 0.5) is 0 Å². The molecule has 0 radical (unpaired) electrons. The molecule has 0 aromatic heterocycles. The Labute approximate surface area is 165 Å². The van der Waals surface area contributed by atoms with Crippen molar-refractivity contribution in [1.29, 1.82) is 0 Å². The van der Waals surface area contributed by atoms with E-state index in [1.807, 2.05) is 51.1 Å². The molecule has 0 aliphatic rings. The van der Waals surface area contributed by atoms with Crippen molar-refractivity contribution in [2.75, 3.05) is 0 Å². The minimum Gasteiger partial charge on any atom is -0.449 e. The largest absolute Gasteiger partial charge is 0.449 e. The maximum absolute atomic E-state index is 12.8. The van der Waals surface area contributed by atoms with Crippen molar-refractivity contribution in [3.05, 3.63) is 70.7 Å². The average Bonchev–Trinajstić information content (AvgIpc) is 2.60. The molecule has 1 atom stereocenters. The van der Waals surface area contributed by atoms with Crippen LogP contribution in [0.25, 0.3) is 11.6 Å². The second-order valence-electron chi connectivity index (χ2n) is 7.26. The highest BCUT2D eigenvalue weighted by Crippen LogP contribution is 2.22. The van der Waals surface area contributed by atoms with E-state index in [0.717, 1.165) is 5.56 Å². The highest BCUT2D eigenvalue weighted by atomic mass is 35.5. The molecule has 0 aliphatic heterocycles. The number of amides is 1. The minimum absolute atomic E-state index is 0.342. The molecular formula is C22H24ClNO3. The van der Waals surface area contributed by atoms with Crippen LogP contribution in [0.2, 0.25) is 5.02 Å². The number of ether oxygens (including phenoxy) is 1. The number of carbonyl (C=O) groups excluding carboxylic acids is 2. The lowest BCUT2D eigenvalue weighted by atomic mass is 10.0. The third-order valence-corrected chi connectivity index (χ3v) is 3.89. The van der Waals surface area contributed by atoms with Gasteiger partial charge in [-0.1, -0.05) is 54.1 Å². The van der Waals surface area contributed by atoms with Crippen LogP contribution < -0.4 is 5.32 Å². The first-order valence-corrected chi connectivity index (χ1v) is 9.09. The first-order chi connectivity index (χ1) is 12.7. The summed E-state index contributed by atoms with van der Waals surface area (Å²) in [5.74, 6) is -0.913. The van der Waals surface area contributed by atoms with Crippen molar-refractivity contribution < 1.29 is 14.3 Å². The second-order valence-corrected chi connectivity index (χ2v) is 7.70. The lowest BCUT2D eigenvalue weighted by Gasteiger charge is -2.23. The van der Waals surface area contributed by atoms with E-state index < -0.39 is 17.6 Å². The molecule has 2 aromatic carbocycles. The summed E-state index contributed by atoms with van der Waals surface area (Å²) in [6.45, 7) is 7.16. The number of halogens is 1. The topological polar surface area (TPSA) is 55.4 Å². The summed E-state index contributed by atoms with van der Waals surface area (Å²) in [6.07, 6.45) is 0.822. The maximum Gasteiger partial charge on any atom is 0.339 e. The molecule has 0 fully saturated rings. The van der Waals surface area contributed by atoms with Crippen LogP contribution >= 0.6 is 11.6 Å². The van der Waals surface area contributed by atoms with Gasteiger partial charge < -0.3 is 10.1 Å². The van der Waals surface area contributed by atoms with Gasteiger partial charge in [-0.25, -0.2) is 4.79 Å². The molecule has 0 saturated heterocycles. The van der Waals surface area contributed by atoms with Crippen molar-refractivity contribution >= 4 is 35.1 Å². The van der Waals surface area contributed by atoms with Crippen LogP contribution in [0.1, 0.15) is 38.8 Å². The molecule has 0 unspecified atom stereocenters. The summed E-state index contributed by atoms with van der Waals surface area (Å²) in [4.78, 5) is 25.0. The third-order valence-electron chi connectivity index (χ3n) is 3.64. The Balaban J connectivity index is 2.28. The summed E-state index contributed by atoms with van der Waals surface area (Å²) in [7, 11) is 0. The van der Waals surface area contributed by atoms with Gasteiger partial charge in [0.25, 0.3) is 5.91 Å². The van der Waals surface area contributed by atoms with Gasteiger partial charge in [-0.15, -0.1) is 0 Å². The third kappa shape index (κ3) is 6.57. The van der Waals surface area contributed by atoms with Gasteiger partial charge in [-0.2, -0.15) is 0 Å². The second kappa shape index (κ2) is 8.87. The Morgan fingerprint density at radius 3 is 2.19 bits per heavy atom. The summed E-state index contributed by atoms with van der Waals surface area (Å²) in [5.41, 5.74) is 1.47. The van der Waals surface area contributed by atoms with E-state index in [2.05, 4.69) is 5.32 Å². The first kappa shape index (κ1) is 20.7. The minimum atomic E-state index is -0.914. The normalized spacial score (nSPS) is 13.0. The SMILES string of the molecule is C[C@@H](OC(=O)/C(=C/c1ccccc1)c1ccc(Cl)cc1)C(=O)NC(C)(C)C. The number of esters is 1. The Morgan fingerprint density at radius 1 is 1.04 bits per heavy atom. The predicted octanol–water partition coefficient (Wildman–Crippen LogP) is 4.73. The van der Waals surface area contributed by atoms with Gasteiger partial charge in [0.05, 0.1) is 5.57 Å². The van der Waals surface area contributed by atoms with Gasteiger partial charge in [0.2, 0.25) is 0 Å². The van der Waals surface area contributed by atoms with Gasteiger partial charge in [-0.3, -0.25) is 4.79 Å². The van der Waals surface area contributed by atoms with Gasteiger partial charge in [0.1, 0.15) is 0 Å². The van der Waals surface area contributed by atoms with Crippen molar-refractivity contribution in [3.8, 4) is 0 Å². The van der Waals surface area contributed by atoms with Crippen molar-refractivity contribution in [2.24, 2.45) is 0 Å². The summed E-state index contributed by atoms with van der Waals surface area (Å²) in [6, 6.07) is 16.4. The zero-order chi connectivity index (χ0) is 20.0. The van der Waals surface area contributed by atoms with Crippen LogP contribution in [0.15, 0.2) is 54.6 Å². The molecule has 0 aliphatic carbocycles. The fourth-order valence-corrected chi connectivity index (χ4v) is 2.48. The fourth-order valence-electron chi connectivity index (χ4n) is 2.35. The van der Waals surface area contributed by atoms with Crippen molar-refractivity contribution in [1.82, 2.24) is 5.32 Å². The standard InChI is InChI=1S/C22H24ClNO3/c1-15(20(25)24-22(2,3)4)27-21(26)19(14-16-8-6-5-7-9-16)17-10-12-18(23)13-11-17/h5-15H,1-4H3,(H,24,25)/b19-14+/t15-/m1/s1. The molecule has 1 N–H and O–H groups in total. The average molecular weight is 386 g/mol. The monoisotopic (exact) mass is 385 g/mol. The van der Waals surface area contributed by atoms with Crippen molar-refractivity contribution in [3.63, 3.8) is 0 Å². The smallest absolute Gasteiger partial charge is 0.339 e. The zero-order valence-electron chi connectivity index (χ0n) is 16.0. The summed E-state index contributed by atoms with van der Waals surface area (Å²) in [5, 5.41) is 3.38. The van der Waals surface area contributed by atoms with E-state index >= 15 is 0 Å². The maximum atomic E-state index is 12.8. The Hall–Kier alpha value is -2.59. The molecule has 1 amide bonds. The lowest BCUT2D eigenvalue weighted by Crippen LogP contribution is -2.46. The first-order valence-electron chi connectivity index (χ1n) is 8.71. The zero-order valence-corrected chi connectivity index (χ0v) is 16.7. The van der Waals surface area contributed by atoms with Crippen LogP contribution in [0.5, 0.6) is 0 Å². The molecule has 0 spiro atoms. The highest BCUT2D eigenvalue weighted by Gasteiger charge is 2.24. The van der Waals surface area contributed by atoms with E-state index in [1.54, 1.807) is 37.3 Å². The molecule has 2 rings (SSSR count). The fraction of sp³-hybridized carbons (Fsp3) is 0.273. The van der Waals surface area contributed by atoms with Crippen molar-refractivity contribution in [2.45, 2.75) is 39.3 Å². The molecule has 2 aromatic rings. The van der Waals surface area contributed by atoms with E-state index in [9.17, 15) is 9.59 Å². The molecule has 142 valence electrons. The Kier molecular flexibility index (Phi) is 6.81. The Bertz CT molecular complexity index is 821. The number of nitrogens with one attached hydrogen (secondary N) is 1. The van der Waals surface area contributed by atoms with E-state index in [4.69, 9.17) is 16.3 Å². The van der Waals surface area contributed by atoms with Crippen LogP contribution in [0.3, 0.4) is 0 Å². The quantitative estimate of drug-likeness (QED) is 0.460. The predicted molar refractivity (Wildman–Crippen MR) is 109 cm³/mol. The molecule has 5 heteroatoms. The number of hydrogen-bond acceptors (Lipinski definition) is 3. The van der Waals surface area contributed by atoms with Gasteiger partial charge >= 0.3 is 5.97 Å². The number of hydrogen-bond donors (Lipinski definition) is 1.